The maximum absolute atomic E-state index is 12.5. The van der Waals surface area contributed by atoms with Crippen molar-refractivity contribution in [2.45, 2.75) is 33.7 Å². The molecule has 0 radical (unpaired) electrons. The van der Waals surface area contributed by atoms with Gasteiger partial charge in [0.2, 0.25) is 0 Å². The lowest BCUT2D eigenvalue weighted by Gasteiger charge is -2.24. The first-order valence-electron chi connectivity index (χ1n) is 8.53. The van der Waals surface area contributed by atoms with E-state index in [0.29, 0.717) is 22.4 Å². The van der Waals surface area contributed by atoms with Crippen molar-refractivity contribution in [3.05, 3.63) is 64.2 Å². The van der Waals surface area contributed by atoms with E-state index in [1.165, 1.54) is 11.8 Å². The average molecular weight is 351 g/mol. The van der Waals surface area contributed by atoms with E-state index in [2.05, 4.69) is 0 Å². The lowest BCUT2D eigenvalue weighted by molar-refractivity contribution is 0.0550. The number of rotatable bonds is 5. The van der Waals surface area contributed by atoms with Crippen LogP contribution < -0.4 is 4.74 Å². The fraction of sp³-hybridized carbons (Fsp3) is 0.286. The Labute approximate surface area is 152 Å². The predicted octanol–water partition coefficient (Wildman–Crippen LogP) is 3.57. The topological polar surface area (TPSA) is 63.7 Å². The van der Waals surface area contributed by atoms with Gasteiger partial charge in [-0.25, -0.2) is 0 Å². The molecule has 2 aromatic carbocycles. The Morgan fingerprint density at radius 3 is 2.15 bits per heavy atom. The third-order valence-corrected chi connectivity index (χ3v) is 4.72. The van der Waals surface area contributed by atoms with Crippen LogP contribution in [0, 0.1) is 13.8 Å². The van der Waals surface area contributed by atoms with Gasteiger partial charge < -0.3 is 4.74 Å². The van der Waals surface area contributed by atoms with E-state index in [1.54, 1.807) is 37.3 Å². The summed E-state index contributed by atoms with van der Waals surface area (Å²) in [6, 6.07) is 10.0. The van der Waals surface area contributed by atoms with Crippen LogP contribution in [0.2, 0.25) is 0 Å². The Balaban J connectivity index is 1.80. The highest BCUT2D eigenvalue weighted by molar-refractivity contribution is 6.21. The highest BCUT2D eigenvalue weighted by Gasteiger charge is 2.38. The van der Waals surface area contributed by atoms with Crippen molar-refractivity contribution in [2.75, 3.05) is 6.61 Å². The second-order valence-corrected chi connectivity index (χ2v) is 6.63. The summed E-state index contributed by atoms with van der Waals surface area (Å²) in [5, 5.41) is 0. The first-order chi connectivity index (χ1) is 12.3. The number of carbonyl (C=O) groups excluding carboxylic acids is 3. The van der Waals surface area contributed by atoms with Crippen molar-refractivity contribution in [2.24, 2.45) is 0 Å². The SMILES string of the molecule is CC(=O)c1ccc(C)c(OC[C@H](C)N2C(=O)c3ccccc3C2=O)c1C. The van der Waals surface area contributed by atoms with Gasteiger partial charge in [0, 0.05) is 11.1 Å². The van der Waals surface area contributed by atoms with E-state index in [-0.39, 0.29) is 24.2 Å². The minimum Gasteiger partial charge on any atom is -0.491 e. The fourth-order valence-electron chi connectivity index (χ4n) is 3.32. The number of hydrogen-bond donors (Lipinski definition) is 0. The summed E-state index contributed by atoms with van der Waals surface area (Å²) in [6.07, 6.45) is 0. The molecule has 2 amide bonds. The van der Waals surface area contributed by atoms with Gasteiger partial charge >= 0.3 is 0 Å². The Kier molecular flexibility index (Phi) is 4.64. The van der Waals surface area contributed by atoms with Crippen molar-refractivity contribution >= 4 is 17.6 Å². The molecule has 0 saturated carbocycles. The van der Waals surface area contributed by atoms with Gasteiger partial charge in [-0.2, -0.15) is 0 Å². The Morgan fingerprint density at radius 2 is 1.62 bits per heavy atom. The highest BCUT2D eigenvalue weighted by Crippen LogP contribution is 2.28. The van der Waals surface area contributed by atoms with Crippen LogP contribution in [0.3, 0.4) is 0 Å². The Morgan fingerprint density at radius 1 is 1.04 bits per heavy atom. The molecule has 2 aromatic rings. The minimum absolute atomic E-state index is 0.0271. The molecule has 0 unspecified atom stereocenters. The molecule has 26 heavy (non-hydrogen) atoms. The van der Waals surface area contributed by atoms with E-state index >= 15 is 0 Å². The molecule has 1 aliphatic heterocycles. The van der Waals surface area contributed by atoms with Crippen LogP contribution in [0.4, 0.5) is 0 Å². The zero-order valence-corrected chi connectivity index (χ0v) is 15.3. The van der Waals surface area contributed by atoms with Crippen LogP contribution in [0.5, 0.6) is 5.75 Å². The summed E-state index contributed by atoms with van der Waals surface area (Å²) in [6.45, 7) is 7.20. The molecule has 3 rings (SSSR count). The van der Waals surface area contributed by atoms with Crippen LogP contribution in [0.25, 0.3) is 0 Å². The zero-order valence-electron chi connectivity index (χ0n) is 15.3. The summed E-state index contributed by atoms with van der Waals surface area (Å²) in [5.74, 6) is 0.00201. The summed E-state index contributed by atoms with van der Waals surface area (Å²) in [4.78, 5) is 38.1. The molecule has 0 spiro atoms. The van der Waals surface area contributed by atoms with Gasteiger partial charge in [0.1, 0.15) is 12.4 Å². The molecule has 0 fully saturated rings. The number of Topliss-reactive ketones (excluding diaryl/α,β-unsaturated/α-hetero) is 1. The molecule has 1 aliphatic rings. The maximum Gasteiger partial charge on any atom is 0.261 e. The molecule has 1 atom stereocenters. The van der Waals surface area contributed by atoms with Gasteiger partial charge in [0.25, 0.3) is 11.8 Å². The van der Waals surface area contributed by atoms with E-state index in [9.17, 15) is 14.4 Å². The van der Waals surface area contributed by atoms with Crippen molar-refractivity contribution in [3.8, 4) is 5.75 Å². The van der Waals surface area contributed by atoms with Crippen LogP contribution in [-0.2, 0) is 0 Å². The van der Waals surface area contributed by atoms with Crippen molar-refractivity contribution < 1.29 is 19.1 Å². The number of fused-ring (bicyclic) bond motifs is 1. The second-order valence-electron chi connectivity index (χ2n) is 6.63. The van der Waals surface area contributed by atoms with E-state index in [1.807, 2.05) is 19.9 Å². The number of aryl methyl sites for hydroxylation is 1. The molecule has 5 heteroatoms. The van der Waals surface area contributed by atoms with Crippen LogP contribution in [0.15, 0.2) is 36.4 Å². The molecule has 0 N–H and O–H groups in total. The second kappa shape index (κ2) is 6.75. The molecular weight excluding hydrogens is 330 g/mol. The smallest absolute Gasteiger partial charge is 0.261 e. The summed E-state index contributed by atoms with van der Waals surface area (Å²) in [7, 11) is 0. The summed E-state index contributed by atoms with van der Waals surface area (Å²) >= 11 is 0. The first kappa shape index (κ1) is 17.9. The third kappa shape index (κ3) is 2.90. The number of benzene rings is 2. The van der Waals surface area contributed by atoms with Crippen LogP contribution in [0.1, 0.15) is 56.0 Å². The molecule has 0 bridgehead atoms. The number of ether oxygens (including phenoxy) is 1. The standard InChI is InChI=1S/C21H21NO4/c1-12-9-10-16(15(4)23)14(3)19(12)26-11-13(2)22-20(24)17-7-5-6-8-18(17)21(22)25/h5-10,13H,11H2,1-4H3/t13-/m0/s1. The first-order valence-corrected chi connectivity index (χ1v) is 8.53. The molecule has 0 saturated heterocycles. The monoisotopic (exact) mass is 351 g/mol. The quantitative estimate of drug-likeness (QED) is 0.610. The van der Waals surface area contributed by atoms with Gasteiger partial charge in [0.05, 0.1) is 17.2 Å². The number of carbonyl (C=O) groups is 3. The molecule has 5 nitrogen and oxygen atoms in total. The Bertz CT molecular complexity index is 881. The Hall–Kier alpha value is -2.95. The fourth-order valence-corrected chi connectivity index (χ4v) is 3.32. The van der Waals surface area contributed by atoms with Crippen molar-refractivity contribution in [1.29, 1.82) is 0 Å². The molecule has 0 aliphatic carbocycles. The van der Waals surface area contributed by atoms with E-state index in [4.69, 9.17) is 4.74 Å². The number of nitrogens with zero attached hydrogens (tertiary/aromatic N) is 1. The normalized spacial score (nSPS) is 14.4. The average Bonchev–Trinajstić information content (AvgIpc) is 2.85. The van der Waals surface area contributed by atoms with Crippen molar-refractivity contribution in [3.63, 3.8) is 0 Å². The highest BCUT2D eigenvalue weighted by atomic mass is 16.5. The lowest BCUT2D eigenvalue weighted by Crippen LogP contribution is -2.41. The summed E-state index contributed by atoms with van der Waals surface area (Å²) < 4.78 is 5.93. The van der Waals surface area contributed by atoms with Crippen LogP contribution >= 0.6 is 0 Å². The molecule has 1 heterocycles. The zero-order chi connectivity index (χ0) is 19.0. The number of imide groups is 1. The largest absolute Gasteiger partial charge is 0.491 e. The van der Waals surface area contributed by atoms with E-state index < -0.39 is 6.04 Å². The summed E-state index contributed by atoms with van der Waals surface area (Å²) in [5.41, 5.74) is 3.14. The minimum atomic E-state index is -0.429. The number of ketones is 1. The number of hydrogen-bond acceptors (Lipinski definition) is 4. The molecular formula is C21H21NO4. The van der Waals surface area contributed by atoms with Gasteiger partial charge in [-0.15, -0.1) is 0 Å². The predicted molar refractivity (Wildman–Crippen MR) is 97.8 cm³/mol. The molecule has 0 aromatic heterocycles. The van der Waals surface area contributed by atoms with Crippen molar-refractivity contribution in [1.82, 2.24) is 4.90 Å². The molecule has 134 valence electrons. The van der Waals surface area contributed by atoms with Gasteiger partial charge in [-0.05, 0) is 45.4 Å². The number of amides is 2. The lowest BCUT2D eigenvalue weighted by atomic mass is 10.0. The van der Waals surface area contributed by atoms with E-state index in [0.717, 1.165) is 11.1 Å². The third-order valence-electron chi connectivity index (χ3n) is 4.72. The van der Waals surface area contributed by atoms with Gasteiger partial charge in [0.15, 0.2) is 5.78 Å². The van der Waals surface area contributed by atoms with Gasteiger partial charge in [-0.3, -0.25) is 19.3 Å². The maximum atomic E-state index is 12.5. The van der Waals surface area contributed by atoms with Crippen LogP contribution in [-0.4, -0.2) is 35.1 Å². The van der Waals surface area contributed by atoms with Gasteiger partial charge in [-0.1, -0.05) is 24.3 Å².